The van der Waals surface area contributed by atoms with Gasteiger partial charge in [0.2, 0.25) is 0 Å². The van der Waals surface area contributed by atoms with Crippen molar-refractivity contribution in [1.29, 1.82) is 0 Å². The standard InChI is InChI=1S/C41H74O8/c1-3-5-7-8-9-10-11-12-13-14-15-16-17-18-19-20-22-28-41(47)49-35(32-42)33-48-40(46)27-24-23-26-36-37(39(45)31-38(36)44)30-29-34(43)25-21-6-4-2/h23-24,29-30,34-39,42-45H,3-22,25-28,31-33H2,1-2H3/b24-23-,30-29+/t34-,35+,36+,37-,38+,39-/m1/s1. The number of allylic oxidation sites excluding steroid dienone is 1. The van der Waals surface area contributed by atoms with Crippen molar-refractivity contribution >= 4 is 11.9 Å². The Morgan fingerprint density at radius 2 is 1.24 bits per heavy atom. The minimum Gasteiger partial charge on any atom is -0.461 e. The summed E-state index contributed by atoms with van der Waals surface area (Å²) in [7, 11) is 0. The molecule has 0 heterocycles. The molecule has 1 saturated carbocycles. The monoisotopic (exact) mass is 695 g/mol. The second kappa shape index (κ2) is 31.0. The summed E-state index contributed by atoms with van der Waals surface area (Å²) < 4.78 is 10.5. The normalized spacial score (nSPS) is 20.7. The molecule has 0 bridgehead atoms. The number of carbonyl (C=O) groups excluding carboxylic acids is 2. The van der Waals surface area contributed by atoms with Gasteiger partial charge in [-0.1, -0.05) is 160 Å². The van der Waals surface area contributed by atoms with E-state index in [9.17, 15) is 30.0 Å². The highest BCUT2D eigenvalue weighted by molar-refractivity contribution is 5.71. The summed E-state index contributed by atoms with van der Waals surface area (Å²) in [6, 6.07) is 0. The van der Waals surface area contributed by atoms with Gasteiger partial charge >= 0.3 is 11.9 Å². The Labute approximate surface area is 299 Å². The second-order valence-corrected chi connectivity index (χ2v) is 14.4. The summed E-state index contributed by atoms with van der Waals surface area (Å²) in [5.41, 5.74) is 0. The van der Waals surface area contributed by atoms with Gasteiger partial charge in [-0.3, -0.25) is 9.59 Å². The molecule has 1 rings (SSSR count). The molecular formula is C41H74O8. The lowest BCUT2D eigenvalue weighted by atomic mass is 9.89. The van der Waals surface area contributed by atoms with E-state index in [0.29, 0.717) is 19.3 Å². The van der Waals surface area contributed by atoms with Crippen LogP contribution in [-0.4, -0.2) is 70.0 Å². The summed E-state index contributed by atoms with van der Waals surface area (Å²) in [5, 5.41) is 40.7. The number of esters is 2. The fourth-order valence-corrected chi connectivity index (χ4v) is 6.70. The quantitative estimate of drug-likeness (QED) is 0.0312. The first-order chi connectivity index (χ1) is 23.8. The van der Waals surface area contributed by atoms with Crippen molar-refractivity contribution < 1.29 is 39.5 Å². The molecule has 0 radical (unpaired) electrons. The predicted molar refractivity (Wildman–Crippen MR) is 198 cm³/mol. The number of carbonyl (C=O) groups is 2. The lowest BCUT2D eigenvalue weighted by Gasteiger charge is -2.19. The van der Waals surface area contributed by atoms with E-state index in [1.807, 2.05) is 6.08 Å². The number of ether oxygens (including phenoxy) is 2. The van der Waals surface area contributed by atoms with Gasteiger partial charge in [0.15, 0.2) is 6.10 Å². The molecule has 0 unspecified atom stereocenters. The van der Waals surface area contributed by atoms with Gasteiger partial charge in [0, 0.05) is 18.8 Å². The van der Waals surface area contributed by atoms with Gasteiger partial charge in [0.1, 0.15) is 6.61 Å². The number of hydrogen-bond acceptors (Lipinski definition) is 8. The first kappa shape index (κ1) is 45.3. The van der Waals surface area contributed by atoms with Crippen molar-refractivity contribution in [3.8, 4) is 0 Å². The number of hydrogen-bond donors (Lipinski definition) is 4. The number of aliphatic hydroxyl groups excluding tert-OH is 4. The maximum Gasteiger partial charge on any atom is 0.309 e. The van der Waals surface area contributed by atoms with Crippen LogP contribution in [0.5, 0.6) is 0 Å². The lowest BCUT2D eigenvalue weighted by molar-refractivity contribution is -0.161. The van der Waals surface area contributed by atoms with E-state index in [1.54, 1.807) is 18.2 Å². The molecule has 0 aliphatic heterocycles. The van der Waals surface area contributed by atoms with Gasteiger partial charge < -0.3 is 29.9 Å². The zero-order valence-corrected chi connectivity index (χ0v) is 31.3. The van der Waals surface area contributed by atoms with Crippen LogP contribution in [0.25, 0.3) is 0 Å². The first-order valence-electron chi connectivity index (χ1n) is 20.2. The molecule has 0 amide bonds. The maximum atomic E-state index is 12.2. The zero-order valence-electron chi connectivity index (χ0n) is 31.3. The highest BCUT2D eigenvalue weighted by atomic mass is 16.6. The molecule has 1 aliphatic carbocycles. The molecule has 0 saturated heterocycles. The van der Waals surface area contributed by atoms with Crippen molar-refractivity contribution in [3.05, 3.63) is 24.3 Å². The van der Waals surface area contributed by atoms with Crippen LogP contribution in [0.15, 0.2) is 24.3 Å². The van der Waals surface area contributed by atoms with Crippen molar-refractivity contribution in [2.45, 2.75) is 199 Å². The Morgan fingerprint density at radius 1 is 0.714 bits per heavy atom. The Morgan fingerprint density at radius 3 is 1.80 bits per heavy atom. The molecule has 0 aromatic rings. The fraction of sp³-hybridized carbons (Fsp3) is 0.854. The van der Waals surface area contributed by atoms with Crippen LogP contribution in [0.2, 0.25) is 0 Å². The van der Waals surface area contributed by atoms with Gasteiger partial charge in [-0.05, 0) is 25.2 Å². The molecule has 8 nitrogen and oxygen atoms in total. The van der Waals surface area contributed by atoms with Crippen molar-refractivity contribution in [2.75, 3.05) is 13.2 Å². The van der Waals surface area contributed by atoms with Crippen LogP contribution < -0.4 is 0 Å². The minimum absolute atomic E-state index is 0.00731. The summed E-state index contributed by atoms with van der Waals surface area (Å²) in [5.74, 6) is -1.36. The van der Waals surface area contributed by atoms with Gasteiger partial charge in [-0.2, -0.15) is 0 Å². The van der Waals surface area contributed by atoms with E-state index < -0.39 is 37.0 Å². The van der Waals surface area contributed by atoms with E-state index in [-0.39, 0.29) is 37.3 Å². The average molecular weight is 695 g/mol. The Balaban J connectivity index is 2.12. The third-order valence-electron chi connectivity index (χ3n) is 9.85. The Bertz CT molecular complexity index is 858. The van der Waals surface area contributed by atoms with Crippen LogP contribution in [0.4, 0.5) is 0 Å². The largest absolute Gasteiger partial charge is 0.461 e. The number of unbranched alkanes of at least 4 members (excludes halogenated alkanes) is 18. The summed E-state index contributed by atoms with van der Waals surface area (Å²) >= 11 is 0. The van der Waals surface area contributed by atoms with Crippen LogP contribution >= 0.6 is 0 Å². The maximum absolute atomic E-state index is 12.2. The third kappa shape index (κ3) is 24.1. The molecule has 1 aliphatic rings. The first-order valence-corrected chi connectivity index (χ1v) is 20.2. The van der Waals surface area contributed by atoms with Gasteiger partial charge in [0.25, 0.3) is 0 Å². The van der Waals surface area contributed by atoms with Crippen LogP contribution in [-0.2, 0) is 19.1 Å². The summed E-state index contributed by atoms with van der Waals surface area (Å²) in [6.07, 6.45) is 30.8. The molecule has 6 atom stereocenters. The van der Waals surface area contributed by atoms with Crippen LogP contribution in [0, 0.1) is 11.8 Å². The highest BCUT2D eigenvalue weighted by Gasteiger charge is 2.39. The highest BCUT2D eigenvalue weighted by Crippen LogP contribution is 2.36. The van der Waals surface area contributed by atoms with E-state index in [2.05, 4.69) is 13.8 Å². The van der Waals surface area contributed by atoms with E-state index >= 15 is 0 Å². The summed E-state index contributed by atoms with van der Waals surface area (Å²) in [6.45, 7) is 3.76. The molecule has 1 fully saturated rings. The lowest BCUT2D eigenvalue weighted by Crippen LogP contribution is -2.28. The minimum atomic E-state index is -0.883. The topological polar surface area (TPSA) is 134 Å². The van der Waals surface area contributed by atoms with Crippen molar-refractivity contribution in [1.82, 2.24) is 0 Å². The number of aliphatic hydroxyl groups is 4. The molecule has 0 aromatic carbocycles. The molecule has 286 valence electrons. The molecule has 4 N–H and O–H groups in total. The van der Waals surface area contributed by atoms with E-state index in [1.165, 1.54) is 89.9 Å². The number of rotatable bonds is 32. The molecule has 49 heavy (non-hydrogen) atoms. The molecule has 0 spiro atoms. The third-order valence-corrected chi connectivity index (χ3v) is 9.85. The Kier molecular flexibility index (Phi) is 28.7. The van der Waals surface area contributed by atoms with Gasteiger partial charge in [-0.15, -0.1) is 0 Å². The van der Waals surface area contributed by atoms with Crippen molar-refractivity contribution in [2.24, 2.45) is 11.8 Å². The smallest absolute Gasteiger partial charge is 0.309 e. The van der Waals surface area contributed by atoms with Crippen LogP contribution in [0.3, 0.4) is 0 Å². The fourth-order valence-electron chi connectivity index (χ4n) is 6.70. The average Bonchev–Trinajstić information content (AvgIpc) is 3.36. The summed E-state index contributed by atoms with van der Waals surface area (Å²) in [4.78, 5) is 24.5. The SMILES string of the molecule is CCCCCCCCCCCCCCCCCCCC(=O)O[C@@H](CO)COC(=O)C/C=C\C[C@H]1[C@@H](/C=C/[C@H](O)CCCCC)[C@H](O)C[C@@H]1O. The van der Waals surface area contributed by atoms with Crippen molar-refractivity contribution in [3.63, 3.8) is 0 Å². The van der Waals surface area contributed by atoms with E-state index in [4.69, 9.17) is 9.47 Å². The molecule has 0 aromatic heterocycles. The molecule has 8 heteroatoms. The Hall–Kier alpha value is -1.74. The zero-order chi connectivity index (χ0) is 36.0. The van der Waals surface area contributed by atoms with Gasteiger partial charge in [-0.25, -0.2) is 0 Å². The molecular weight excluding hydrogens is 620 g/mol. The van der Waals surface area contributed by atoms with E-state index in [0.717, 1.165) is 38.5 Å². The van der Waals surface area contributed by atoms with Crippen LogP contribution in [0.1, 0.15) is 174 Å². The second-order valence-electron chi connectivity index (χ2n) is 14.4. The predicted octanol–water partition coefficient (Wildman–Crippen LogP) is 8.67. The van der Waals surface area contributed by atoms with Gasteiger partial charge in [0.05, 0.1) is 31.3 Å².